The number of phosphoric ester groups is 2. The second kappa shape index (κ2) is 5.95. The van der Waals surface area contributed by atoms with Crippen molar-refractivity contribution in [1.29, 1.82) is 0 Å². The van der Waals surface area contributed by atoms with Crippen molar-refractivity contribution in [2.45, 2.75) is 6.92 Å². The van der Waals surface area contributed by atoms with E-state index >= 15 is 0 Å². The van der Waals surface area contributed by atoms with Crippen LogP contribution in [0, 0.1) is 0 Å². The lowest BCUT2D eigenvalue weighted by atomic mass is 10.8. The highest BCUT2D eigenvalue weighted by Crippen LogP contribution is 2.43. The Labute approximate surface area is 80.7 Å². The second-order valence-electron chi connectivity index (χ2n) is 2.04. The molecule has 0 aliphatic carbocycles. The van der Waals surface area contributed by atoms with Crippen LogP contribution in [0.1, 0.15) is 6.92 Å². The molecule has 1 atom stereocenters. The summed E-state index contributed by atoms with van der Waals surface area (Å²) in [4.78, 5) is 25.2. The highest BCUT2D eigenvalue weighted by Gasteiger charge is 2.20. The largest absolute Gasteiger partial charge is 0.472 e. The Morgan fingerprint density at radius 1 is 1.00 bits per heavy atom. The first-order chi connectivity index (χ1) is 6.27. The molecule has 0 bridgehead atoms. The zero-order valence-corrected chi connectivity index (χ0v) is 9.19. The molecule has 3 N–H and O–H groups in total. The highest BCUT2D eigenvalue weighted by atomic mass is 31.2. The lowest BCUT2D eigenvalue weighted by Crippen LogP contribution is -2.03. The standard InChI is InChI=1S/C4H12O8P2/c1-2-10-14(8,9)12-4-3-11-13(5,6)7/h2-4H2,1H3,(H,8,9)(H2,5,6,7). The number of hydrogen-bond donors (Lipinski definition) is 3. The normalized spacial score (nSPS) is 16.6. The molecule has 0 amide bonds. The molecular formula is C4H12O8P2. The molecule has 0 heterocycles. The maximum absolute atomic E-state index is 10.8. The molecule has 0 saturated heterocycles. The first-order valence-electron chi connectivity index (χ1n) is 3.59. The number of phosphoric acid groups is 2. The molecule has 0 radical (unpaired) electrons. The van der Waals surface area contributed by atoms with E-state index in [1.54, 1.807) is 0 Å². The lowest BCUT2D eigenvalue weighted by molar-refractivity contribution is 0.117. The van der Waals surface area contributed by atoms with Gasteiger partial charge >= 0.3 is 15.6 Å². The van der Waals surface area contributed by atoms with Crippen LogP contribution in [-0.2, 0) is 22.7 Å². The maximum atomic E-state index is 10.8. The molecule has 0 aliphatic rings. The van der Waals surface area contributed by atoms with E-state index < -0.39 is 28.9 Å². The predicted octanol–water partition coefficient (Wildman–Crippen LogP) is 0.249. The van der Waals surface area contributed by atoms with Gasteiger partial charge in [0.05, 0.1) is 19.8 Å². The Hall–Kier alpha value is 0.220. The third kappa shape index (κ3) is 8.80. The Morgan fingerprint density at radius 2 is 1.50 bits per heavy atom. The summed E-state index contributed by atoms with van der Waals surface area (Å²) in [7, 11) is -8.66. The smallest absolute Gasteiger partial charge is 0.303 e. The van der Waals surface area contributed by atoms with Crippen molar-refractivity contribution < 1.29 is 37.4 Å². The lowest BCUT2D eigenvalue weighted by Gasteiger charge is -2.10. The molecule has 0 aromatic heterocycles. The van der Waals surface area contributed by atoms with E-state index in [1.165, 1.54) is 6.92 Å². The third-order valence-corrected chi connectivity index (χ3v) is 2.50. The summed E-state index contributed by atoms with van der Waals surface area (Å²) in [6, 6.07) is 0. The van der Waals surface area contributed by atoms with Crippen LogP contribution in [0.3, 0.4) is 0 Å². The summed E-state index contributed by atoms with van der Waals surface area (Å²) in [6.07, 6.45) is 0. The fourth-order valence-electron chi connectivity index (χ4n) is 0.509. The summed E-state index contributed by atoms with van der Waals surface area (Å²) < 4.78 is 33.5. The minimum absolute atomic E-state index is 0.00682. The van der Waals surface area contributed by atoms with E-state index in [9.17, 15) is 9.13 Å². The minimum Gasteiger partial charge on any atom is -0.303 e. The fraction of sp³-hybridized carbons (Fsp3) is 1.00. The van der Waals surface area contributed by atoms with E-state index in [-0.39, 0.29) is 6.61 Å². The van der Waals surface area contributed by atoms with Crippen LogP contribution in [0.15, 0.2) is 0 Å². The van der Waals surface area contributed by atoms with E-state index in [0.29, 0.717) is 0 Å². The van der Waals surface area contributed by atoms with E-state index in [1.807, 2.05) is 0 Å². The molecule has 14 heavy (non-hydrogen) atoms. The molecule has 0 aromatic carbocycles. The van der Waals surface area contributed by atoms with Crippen LogP contribution >= 0.6 is 15.6 Å². The summed E-state index contributed by atoms with van der Waals surface area (Å²) >= 11 is 0. The number of hydrogen-bond acceptors (Lipinski definition) is 5. The summed E-state index contributed by atoms with van der Waals surface area (Å²) in [5, 5.41) is 0. The summed E-state index contributed by atoms with van der Waals surface area (Å²) in [6.45, 7) is 0.548. The Morgan fingerprint density at radius 3 is 1.93 bits per heavy atom. The fourth-order valence-corrected chi connectivity index (χ4v) is 1.53. The van der Waals surface area contributed by atoms with Crippen molar-refractivity contribution >= 4 is 15.6 Å². The van der Waals surface area contributed by atoms with Crippen LogP contribution in [0.5, 0.6) is 0 Å². The van der Waals surface area contributed by atoms with Gasteiger partial charge in [0.2, 0.25) is 0 Å². The molecule has 0 spiro atoms. The molecule has 10 heteroatoms. The average Bonchev–Trinajstić information content (AvgIpc) is 1.96. The predicted molar refractivity (Wildman–Crippen MR) is 45.4 cm³/mol. The molecule has 0 saturated carbocycles. The zero-order valence-electron chi connectivity index (χ0n) is 7.40. The minimum atomic E-state index is -4.56. The van der Waals surface area contributed by atoms with Crippen molar-refractivity contribution in [3.63, 3.8) is 0 Å². The van der Waals surface area contributed by atoms with Crippen LogP contribution in [0.25, 0.3) is 0 Å². The monoisotopic (exact) mass is 250 g/mol. The zero-order chi connectivity index (χ0) is 11.2. The summed E-state index contributed by atoms with van der Waals surface area (Å²) in [5.74, 6) is 0. The van der Waals surface area contributed by atoms with Gasteiger partial charge in [-0.3, -0.25) is 13.6 Å². The Bertz CT molecular complexity index is 246. The van der Waals surface area contributed by atoms with Gasteiger partial charge in [0.1, 0.15) is 0 Å². The quantitative estimate of drug-likeness (QED) is 0.434. The van der Waals surface area contributed by atoms with Gasteiger partial charge < -0.3 is 14.7 Å². The van der Waals surface area contributed by atoms with Crippen LogP contribution in [0.2, 0.25) is 0 Å². The van der Waals surface area contributed by atoms with E-state index in [2.05, 4.69) is 13.6 Å². The Kier molecular flexibility index (Phi) is 6.04. The van der Waals surface area contributed by atoms with E-state index in [0.717, 1.165) is 0 Å². The van der Waals surface area contributed by atoms with Crippen molar-refractivity contribution in [2.24, 2.45) is 0 Å². The van der Waals surface area contributed by atoms with Gasteiger partial charge in [-0.25, -0.2) is 9.13 Å². The molecule has 0 fully saturated rings. The first-order valence-corrected chi connectivity index (χ1v) is 6.61. The van der Waals surface area contributed by atoms with Gasteiger partial charge in [-0.15, -0.1) is 0 Å². The maximum Gasteiger partial charge on any atom is 0.472 e. The average molecular weight is 250 g/mol. The third-order valence-electron chi connectivity index (χ3n) is 0.889. The van der Waals surface area contributed by atoms with Gasteiger partial charge in [0.15, 0.2) is 0 Å². The molecule has 86 valence electrons. The van der Waals surface area contributed by atoms with Crippen molar-refractivity contribution in [1.82, 2.24) is 0 Å². The second-order valence-corrected chi connectivity index (χ2v) is 4.74. The first kappa shape index (κ1) is 14.2. The van der Waals surface area contributed by atoms with Crippen molar-refractivity contribution in [2.75, 3.05) is 19.8 Å². The van der Waals surface area contributed by atoms with Gasteiger partial charge in [-0.2, -0.15) is 0 Å². The van der Waals surface area contributed by atoms with Gasteiger partial charge in [-0.05, 0) is 6.92 Å². The topological polar surface area (TPSA) is 123 Å². The SMILES string of the molecule is CCOP(=O)(O)OCCOP(=O)(O)O. The number of rotatable bonds is 7. The molecular weight excluding hydrogens is 238 g/mol. The van der Waals surface area contributed by atoms with Crippen LogP contribution in [-0.4, -0.2) is 34.5 Å². The van der Waals surface area contributed by atoms with Gasteiger partial charge in [0.25, 0.3) is 0 Å². The molecule has 1 unspecified atom stereocenters. The highest BCUT2D eigenvalue weighted by molar-refractivity contribution is 7.47. The van der Waals surface area contributed by atoms with Gasteiger partial charge in [-0.1, -0.05) is 0 Å². The van der Waals surface area contributed by atoms with Crippen LogP contribution in [0.4, 0.5) is 0 Å². The molecule has 0 aromatic rings. The molecule has 8 nitrogen and oxygen atoms in total. The van der Waals surface area contributed by atoms with Crippen molar-refractivity contribution in [3.05, 3.63) is 0 Å². The molecule has 0 rings (SSSR count). The van der Waals surface area contributed by atoms with Crippen LogP contribution < -0.4 is 0 Å². The molecule has 0 aliphatic heterocycles. The van der Waals surface area contributed by atoms with E-state index in [4.69, 9.17) is 14.7 Å². The van der Waals surface area contributed by atoms with Gasteiger partial charge in [0, 0.05) is 0 Å². The summed E-state index contributed by atoms with van der Waals surface area (Å²) in [5.41, 5.74) is 0. The van der Waals surface area contributed by atoms with Crippen molar-refractivity contribution in [3.8, 4) is 0 Å². The Balaban J connectivity index is 3.64.